The Balaban J connectivity index is 3.27. The maximum absolute atomic E-state index is 14.0. The first-order chi connectivity index (χ1) is 9.50. The number of rotatable bonds is 5. The van der Waals surface area contributed by atoms with Gasteiger partial charge in [0.2, 0.25) is 0 Å². The van der Waals surface area contributed by atoms with Gasteiger partial charge in [0, 0.05) is 5.02 Å². The van der Waals surface area contributed by atoms with E-state index < -0.39 is 43.3 Å². The van der Waals surface area contributed by atoms with Gasteiger partial charge >= 0.3 is 5.97 Å². The van der Waals surface area contributed by atoms with Gasteiger partial charge in [0.1, 0.15) is 4.90 Å². The molecule has 1 aromatic carbocycles. The standard InChI is InChI=1S/C13H13ClFNO4S/c1-13(2,7-16)3-4-21(19,20)10-6-8(14)5-9(11(10)15)12(17)18/h5-6H,3-4H2,1-2H3,(H,17,18). The van der Waals surface area contributed by atoms with Crippen molar-refractivity contribution in [3.63, 3.8) is 0 Å². The Morgan fingerprint density at radius 1 is 1.48 bits per heavy atom. The van der Waals surface area contributed by atoms with E-state index in [-0.39, 0.29) is 11.4 Å². The van der Waals surface area contributed by atoms with Crippen molar-refractivity contribution >= 4 is 27.4 Å². The predicted molar refractivity (Wildman–Crippen MR) is 74.4 cm³/mol. The van der Waals surface area contributed by atoms with Crippen LogP contribution in [0.2, 0.25) is 5.02 Å². The van der Waals surface area contributed by atoms with Crippen molar-refractivity contribution in [2.45, 2.75) is 25.2 Å². The maximum atomic E-state index is 14.0. The van der Waals surface area contributed by atoms with Crippen LogP contribution < -0.4 is 0 Å². The van der Waals surface area contributed by atoms with Crippen molar-refractivity contribution < 1.29 is 22.7 Å². The number of halogens is 2. The first kappa shape index (κ1) is 17.4. The molecule has 21 heavy (non-hydrogen) atoms. The van der Waals surface area contributed by atoms with Gasteiger partial charge in [-0.05, 0) is 32.4 Å². The monoisotopic (exact) mass is 333 g/mol. The zero-order valence-corrected chi connectivity index (χ0v) is 12.9. The van der Waals surface area contributed by atoms with Crippen molar-refractivity contribution in [2.24, 2.45) is 5.41 Å². The molecule has 1 rings (SSSR count). The Kier molecular flexibility index (Phi) is 4.97. The molecule has 0 aliphatic rings. The van der Waals surface area contributed by atoms with E-state index in [2.05, 4.69) is 0 Å². The summed E-state index contributed by atoms with van der Waals surface area (Å²) in [5.74, 6) is -3.44. The fourth-order valence-electron chi connectivity index (χ4n) is 1.50. The van der Waals surface area contributed by atoms with Gasteiger partial charge in [-0.3, -0.25) is 0 Å². The van der Waals surface area contributed by atoms with Gasteiger partial charge in [-0.1, -0.05) is 11.6 Å². The van der Waals surface area contributed by atoms with Crippen LogP contribution >= 0.6 is 11.6 Å². The average Bonchev–Trinajstić information content (AvgIpc) is 2.38. The summed E-state index contributed by atoms with van der Waals surface area (Å²) in [5.41, 5.74) is -1.70. The number of hydrogen-bond acceptors (Lipinski definition) is 4. The van der Waals surface area contributed by atoms with E-state index in [4.69, 9.17) is 22.0 Å². The number of sulfone groups is 1. The first-order valence-electron chi connectivity index (χ1n) is 5.86. The van der Waals surface area contributed by atoms with Crippen LogP contribution in [0.3, 0.4) is 0 Å². The second-order valence-corrected chi connectivity index (χ2v) is 7.65. The number of nitriles is 1. The zero-order valence-electron chi connectivity index (χ0n) is 11.4. The van der Waals surface area contributed by atoms with Crippen LogP contribution in [0, 0.1) is 22.6 Å². The quantitative estimate of drug-likeness (QED) is 0.893. The smallest absolute Gasteiger partial charge is 0.338 e. The predicted octanol–water partition coefficient (Wildman–Crippen LogP) is 2.89. The maximum Gasteiger partial charge on any atom is 0.338 e. The van der Waals surface area contributed by atoms with Gasteiger partial charge in [-0.2, -0.15) is 5.26 Å². The summed E-state index contributed by atoms with van der Waals surface area (Å²) in [4.78, 5) is 10.1. The van der Waals surface area contributed by atoms with E-state index in [1.807, 2.05) is 6.07 Å². The number of carboxylic acids is 1. The molecule has 0 aliphatic heterocycles. The second-order valence-electron chi connectivity index (χ2n) is 5.14. The summed E-state index contributed by atoms with van der Waals surface area (Å²) in [5, 5.41) is 17.5. The van der Waals surface area contributed by atoms with Gasteiger partial charge in [0.05, 0.1) is 22.8 Å². The Morgan fingerprint density at radius 3 is 2.52 bits per heavy atom. The molecule has 0 unspecified atom stereocenters. The van der Waals surface area contributed by atoms with Crippen LogP contribution in [0.4, 0.5) is 4.39 Å². The summed E-state index contributed by atoms with van der Waals surface area (Å²) in [6.45, 7) is 3.11. The van der Waals surface area contributed by atoms with Crippen LogP contribution in [0.15, 0.2) is 17.0 Å². The molecule has 0 saturated heterocycles. The molecule has 0 bridgehead atoms. The molecule has 1 N–H and O–H groups in total. The molecule has 0 heterocycles. The third-order valence-electron chi connectivity index (χ3n) is 2.87. The fraction of sp³-hybridized carbons (Fsp3) is 0.385. The number of nitrogens with zero attached hydrogens (tertiary/aromatic N) is 1. The van der Waals surface area contributed by atoms with Crippen molar-refractivity contribution in [1.29, 1.82) is 5.26 Å². The Labute approximate surface area is 126 Å². The molecule has 0 aliphatic carbocycles. The third-order valence-corrected chi connectivity index (χ3v) is 4.79. The van der Waals surface area contributed by atoms with Gasteiger partial charge < -0.3 is 5.11 Å². The fourth-order valence-corrected chi connectivity index (χ4v) is 3.47. The van der Waals surface area contributed by atoms with E-state index in [0.717, 1.165) is 12.1 Å². The minimum absolute atomic E-state index is 0.0137. The molecule has 0 atom stereocenters. The van der Waals surface area contributed by atoms with Crippen LogP contribution in [-0.4, -0.2) is 25.2 Å². The molecule has 0 amide bonds. The summed E-state index contributed by atoms with van der Waals surface area (Å²) in [6.07, 6.45) is -0.0137. The van der Waals surface area contributed by atoms with E-state index >= 15 is 0 Å². The number of carboxylic acid groups (broad SMARTS) is 1. The highest BCUT2D eigenvalue weighted by molar-refractivity contribution is 7.91. The molecule has 0 radical (unpaired) electrons. The van der Waals surface area contributed by atoms with Gasteiger partial charge in [0.15, 0.2) is 15.7 Å². The van der Waals surface area contributed by atoms with Crippen molar-refractivity contribution in [1.82, 2.24) is 0 Å². The number of hydrogen-bond donors (Lipinski definition) is 1. The molecule has 0 fully saturated rings. The molecule has 0 saturated carbocycles. The van der Waals surface area contributed by atoms with Crippen molar-refractivity contribution in [3.8, 4) is 6.07 Å². The highest BCUT2D eigenvalue weighted by atomic mass is 35.5. The SMILES string of the molecule is CC(C)(C#N)CCS(=O)(=O)c1cc(Cl)cc(C(=O)O)c1F. The molecule has 0 aromatic heterocycles. The first-order valence-corrected chi connectivity index (χ1v) is 7.89. The topological polar surface area (TPSA) is 95.2 Å². The van der Waals surface area contributed by atoms with Crippen LogP contribution in [0.1, 0.15) is 30.6 Å². The van der Waals surface area contributed by atoms with Crippen LogP contribution in [0.5, 0.6) is 0 Å². The molecular weight excluding hydrogens is 321 g/mol. The Hall–Kier alpha value is -1.65. The minimum atomic E-state index is -4.09. The molecular formula is C13H13ClFNO4S. The average molecular weight is 334 g/mol. The molecule has 114 valence electrons. The summed E-state index contributed by atoms with van der Waals surface area (Å²) in [6, 6.07) is 3.66. The number of carbonyl (C=O) groups is 1. The van der Waals surface area contributed by atoms with Crippen LogP contribution in [-0.2, 0) is 9.84 Å². The second kappa shape index (κ2) is 6.00. The van der Waals surface area contributed by atoms with Crippen molar-refractivity contribution in [3.05, 3.63) is 28.5 Å². The normalized spacial score (nSPS) is 12.0. The van der Waals surface area contributed by atoms with Crippen LogP contribution in [0.25, 0.3) is 0 Å². The summed E-state index contributed by atoms with van der Waals surface area (Å²) >= 11 is 5.64. The van der Waals surface area contributed by atoms with E-state index in [0.29, 0.717) is 0 Å². The van der Waals surface area contributed by atoms with E-state index in [9.17, 15) is 17.6 Å². The lowest BCUT2D eigenvalue weighted by molar-refractivity contribution is 0.0691. The Morgan fingerprint density at radius 2 is 2.05 bits per heavy atom. The molecule has 0 spiro atoms. The number of aromatic carboxylic acids is 1. The summed E-state index contributed by atoms with van der Waals surface area (Å²) < 4.78 is 38.3. The lowest BCUT2D eigenvalue weighted by Gasteiger charge is -2.15. The van der Waals surface area contributed by atoms with E-state index in [1.165, 1.54) is 0 Å². The highest BCUT2D eigenvalue weighted by Crippen LogP contribution is 2.27. The largest absolute Gasteiger partial charge is 0.478 e. The third kappa shape index (κ3) is 4.16. The zero-order chi connectivity index (χ0) is 16.4. The minimum Gasteiger partial charge on any atom is -0.478 e. The van der Waals surface area contributed by atoms with E-state index in [1.54, 1.807) is 13.8 Å². The highest BCUT2D eigenvalue weighted by Gasteiger charge is 2.28. The number of benzene rings is 1. The lowest BCUT2D eigenvalue weighted by Crippen LogP contribution is -2.18. The Bertz CT molecular complexity index is 722. The molecule has 8 heteroatoms. The van der Waals surface area contributed by atoms with Crippen molar-refractivity contribution in [2.75, 3.05) is 5.75 Å². The molecule has 1 aromatic rings. The van der Waals surface area contributed by atoms with Gasteiger partial charge in [-0.25, -0.2) is 17.6 Å². The van der Waals surface area contributed by atoms with Gasteiger partial charge in [-0.15, -0.1) is 0 Å². The summed E-state index contributed by atoms with van der Waals surface area (Å²) in [7, 11) is -4.09. The lowest BCUT2D eigenvalue weighted by atomic mass is 9.93. The van der Waals surface area contributed by atoms with Gasteiger partial charge in [0.25, 0.3) is 0 Å². The molecule has 5 nitrogen and oxygen atoms in total.